The fourth-order valence-corrected chi connectivity index (χ4v) is 3.17. The van der Waals surface area contributed by atoms with E-state index in [9.17, 15) is 13.2 Å². The van der Waals surface area contributed by atoms with Crippen LogP contribution in [0.25, 0.3) is 0 Å². The molecule has 4 heteroatoms. The van der Waals surface area contributed by atoms with Crippen molar-refractivity contribution in [2.75, 3.05) is 6.54 Å². The van der Waals surface area contributed by atoms with Crippen LogP contribution in [0.15, 0.2) is 12.1 Å². The van der Waals surface area contributed by atoms with Gasteiger partial charge in [0.1, 0.15) is 0 Å². The van der Waals surface area contributed by atoms with Crippen LogP contribution in [0.5, 0.6) is 0 Å². The van der Waals surface area contributed by atoms with Gasteiger partial charge in [0.2, 0.25) is 0 Å². The van der Waals surface area contributed by atoms with Gasteiger partial charge < -0.3 is 5.32 Å². The van der Waals surface area contributed by atoms with Crippen molar-refractivity contribution >= 4 is 0 Å². The van der Waals surface area contributed by atoms with Gasteiger partial charge in [0.15, 0.2) is 17.5 Å². The topological polar surface area (TPSA) is 12.0 Å². The number of nitrogens with one attached hydrogen (secondary N) is 1. The van der Waals surface area contributed by atoms with E-state index >= 15 is 0 Å². The summed E-state index contributed by atoms with van der Waals surface area (Å²) in [6, 6.07) is 2.17. The van der Waals surface area contributed by atoms with Crippen LogP contribution in [-0.4, -0.2) is 6.54 Å². The summed E-state index contributed by atoms with van der Waals surface area (Å²) >= 11 is 0. The molecule has 2 rings (SSSR count). The number of halogens is 3. The van der Waals surface area contributed by atoms with Gasteiger partial charge >= 0.3 is 0 Å². The lowest BCUT2D eigenvalue weighted by atomic mass is 9.90. The SMILES string of the molecule is CCCNC(c1ccc(F)c(F)c1F)C1CCC(C)C1. The highest BCUT2D eigenvalue weighted by atomic mass is 19.2. The highest BCUT2D eigenvalue weighted by molar-refractivity contribution is 5.24. The van der Waals surface area contributed by atoms with E-state index in [1.54, 1.807) is 0 Å². The van der Waals surface area contributed by atoms with Crippen LogP contribution >= 0.6 is 0 Å². The van der Waals surface area contributed by atoms with E-state index in [1.807, 2.05) is 6.92 Å². The van der Waals surface area contributed by atoms with Crippen molar-refractivity contribution in [2.24, 2.45) is 11.8 Å². The van der Waals surface area contributed by atoms with Crippen LogP contribution in [0, 0.1) is 29.3 Å². The Balaban J connectivity index is 2.28. The molecule has 1 aromatic rings. The predicted molar refractivity (Wildman–Crippen MR) is 73.9 cm³/mol. The lowest BCUT2D eigenvalue weighted by Gasteiger charge is -2.26. The first-order valence-corrected chi connectivity index (χ1v) is 7.41. The summed E-state index contributed by atoms with van der Waals surface area (Å²) in [6.07, 6.45) is 4.03. The van der Waals surface area contributed by atoms with Crippen molar-refractivity contribution in [3.63, 3.8) is 0 Å². The normalized spacial score (nSPS) is 24.1. The Labute approximate surface area is 118 Å². The Hall–Kier alpha value is -1.03. The third kappa shape index (κ3) is 3.17. The molecule has 1 fully saturated rings. The number of benzene rings is 1. The van der Waals surface area contributed by atoms with E-state index in [0.29, 0.717) is 5.92 Å². The van der Waals surface area contributed by atoms with E-state index in [2.05, 4.69) is 12.2 Å². The second-order valence-electron chi connectivity index (χ2n) is 5.87. The standard InChI is InChI=1S/C16H22F3N/c1-3-8-20-16(11-5-4-10(2)9-11)12-6-7-13(17)15(19)14(12)18/h6-7,10-11,16,20H,3-5,8-9H2,1-2H3. The van der Waals surface area contributed by atoms with Gasteiger partial charge in [0, 0.05) is 11.6 Å². The monoisotopic (exact) mass is 285 g/mol. The molecule has 0 bridgehead atoms. The summed E-state index contributed by atoms with van der Waals surface area (Å²) in [5.74, 6) is -2.63. The quantitative estimate of drug-likeness (QED) is 0.781. The van der Waals surface area contributed by atoms with Crippen molar-refractivity contribution in [1.82, 2.24) is 5.32 Å². The molecule has 112 valence electrons. The molecule has 1 aromatic carbocycles. The molecule has 0 radical (unpaired) electrons. The van der Waals surface area contributed by atoms with Gasteiger partial charge in [-0.05, 0) is 43.7 Å². The Kier molecular flexibility index (Phi) is 5.08. The van der Waals surface area contributed by atoms with Gasteiger partial charge in [0.25, 0.3) is 0 Å². The maximum Gasteiger partial charge on any atom is 0.194 e. The average Bonchev–Trinajstić information content (AvgIpc) is 2.85. The molecule has 1 nitrogen and oxygen atoms in total. The van der Waals surface area contributed by atoms with E-state index in [-0.39, 0.29) is 17.5 Å². The lowest BCUT2D eigenvalue weighted by Crippen LogP contribution is -2.29. The Morgan fingerprint density at radius 1 is 1.20 bits per heavy atom. The van der Waals surface area contributed by atoms with Crippen molar-refractivity contribution in [2.45, 2.75) is 45.6 Å². The summed E-state index contributed by atoms with van der Waals surface area (Å²) in [6.45, 7) is 4.95. The van der Waals surface area contributed by atoms with Crippen molar-refractivity contribution < 1.29 is 13.2 Å². The first-order chi connectivity index (χ1) is 9.54. The zero-order valence-electron chi connectivity index (χ0n) is 12.1. The minimum absolute atomic E-state index is 0.227. The lowest BCUT2D eigenvalue weighted by molar-refractivity contribution is 0.340. The van der Waals surface area contributed by atoms with Crippen LogP contribution in [0.1, 0.15) is 51.1 Å². The van der Waals surface area contributed by atoms with Crippen molar-refractivity contribution in [3.8, 4) is 0 Å². The molecule has 0 amide bonds. The maximum absolute atomic E-state index is 14.0. The molecule has 0 spiro atoms. The zero-order valence-corrected chi connectivity index (χ0v) is 12.1. The van der Waals surface area contributed by atoms with Crippen LogP contribution in [-0.2, 0) is 0 Å². The molecule has 0 saturated heterocycles. The van der Waals surface area contributed by atoms with E-state index in [0.717, 1.165) is 38.3 Å². The first kappa shape index (κ1) is 15.4. The Morgan fingerprint density at radius 2 is 1.95 bits per heavy atom. The first-order valence-electron chi connectivity index (χ1n) is 7.41. The fraction of sp³-hybridized carbons (Fsp3) is 0.625. The third-order valence-corrected chi connectivity index (χ3v) is 4.22. The van der Waals surface area contributed by atoms with Gasteiger partial charge in [-0.2, -0.15) is 0 Å². The highest BCUT2D eigenvalue weighted by Crippen LogP contribution is 2.40. The van der Waals surface area contributed by atoms with Crippen LogP contribution < -0.4 is 5.32 Å². The molecule has 20 heavy (non-hydrogen) atoms. The summed E-state index contributed by atoms with van der Waals surface area (Å²) in [4.78, 5) is 0. The molecule has 3 unspecified atom stereocenters. The van der Waals surface area contributed by atoms with Gasteiger partial charge in [-0.15, -0.1) is 0 Å². The molecule has 1 aliphatic carbocycles. The second-order valence-corrected chi connectivity index (χ2v) is 5.87. The molecule has 0 aliphatic heterocycles. The fourth-order valence-electron chi connectivity index (χ4n) is 3.17. The zero-order chi connectivity index (χ0) is 14.7. The summed E-state index contributed by atoms with van der Waals surface area (Å²) in [5, 5.41) is 3.31. The minimum Gasteiger partial charge on any atom is -0.310 e. The number of rotatable bonds is 5. The smallest absolute Gasteiger partial charge is 0.194 e. The summed E-state index contributed by atoms with van der Waals surface area (Å²) in [5.41, 5.74) is 0.261. The maximum atomic E-state index is 14.0. The largest absolute Gasteiger partial charge is 0.310 e. The third-order valence-electron chi connectivity index (χ3n) is 4.22. The van der Waals surface area contributed by atoms with E-state index in [4.69, 9.17) is 0 Å². The molecule has 3 atom stereocenters. The van der Waals surface area contributed by atoms with Gasteiger partial charge in [-0.3, -0.25) is 0 Å². The van der Waals surface area contributed by atoms with E-state index in [1.165, 1.54) is 6.07 Å². The Morgan fingerprint density at radius 3 is 2.55 bits per heavy atom. The van der Waals surface area contributed by atoms with Crippen LogP contribution in [0.4, 0.5) is 13.2 Å². The number of hydrogen-bond acceptors (Lipinski definition) is 1. The Bertz CT molecular complexity index is 461. The van der Waals surface area contributed by atoms with E-state index < -0.39 is 17.5 Å². The highest BCUT2D eigenvalue weighted by Gasteiger charge is 2.32. The number of hydrogen-bond donors (Lipinski definition) is 1. The molecule has 1 N–H and O–H groups in total. The predicted octanol–water partition coefficient (Wildman–Crippen LogP) is 4.58. The molecule has 1 saturated carbocycles. The molecular weight excluding hydrogens is 263 g/mol. The van der Waals surface area contributed by atoms with Gasteiger partial charge in [0.05, 0.1) is 0 Å². The van der Waals surface area contributed by atoms with Crippen molar-refractivity contribution in [3.05, 3.63) is 35.1 Å². The summed E-state index contributed by atoms with van der Waals surface area (Å²) < 4.78 is 40.6. The van der Waals surface area contributed by atoms with Crippen molar-refractivity contribution in [1.29, 1.82) is 0 Å². The summed E-state index contributed by atoms with van der Waals surface area (Å²) in [7, 11) is 0. The minimum atomic E-state index is -1.36. The molecule has 0 aromatic heterocycles. The molecular formula is C16H22F3N. The molecule has 0 heterocycles. The average molecular weight is 285 g/mol. The van der Waals surface area contributed by atoms with Crippen LogP contribution in [0.2, 0.25) is 0 Å². The van der Waals surface area contributed by atoms with Gasteiger partial charge in [-0.25, -0.2) is 13.2 Å². The van der Waals surface area contributed by atoms with Crippen LogP contribution in [0.3, 0.4) is 0 Å². The molecule has 1 aliphatic rings. The second kappa shape index (κ2) is 6.61. The van der Waals surface area contributed by atoms with Gasteiger partial charge in [-0.1, -0.05) is 26.3 Å².